The highest BCUT2D eigenvalue weighted by Crippen LogP contribution is 2.20. The molecule has 0 unspecified atom stereocenters. The molecule has 2 rings (SSSR count). The van der Waals surface area contributed by atoms with Crippen molar-refractivity contribution in [2.24, 2.45) is 0 Å². The van der Waals surface area contributed by atoms with Crippen LogP contribution in [0.5, 0.6) is 0 Å². The molecule has 0 aliphatic carbocycles. The van der Waals surface area contributed by atoms with Gasteiger partial charge in [-0.15, -0.1) is 11.8 Å². The molecular formula is C19H24ClN2OS+. The van der Waals surface area contributed by atoms with Gasteiger partial charge in [0.25, 0.3) is 0 Å². The van der Waals surface area contributed by atoms with E-state index in [9.17, 15) is 4.79 Å². The number of benzene rings is 2. The van der Waals surface area contributed by atoms with Crippen LogP contribution in [-0.2, 0) is 23.6 Å². The highest BCUT2D eigenvalue weighted by Gasteiger charge is 2.08. The monoisotopic (exact) mass is 363 g/mol. The lowest BCUT2D eigenvalue weighted by Gasteiger charge is -2.13. The van der Waals surface area contributed by atoms with Crippen LogP contribution >= 0.6 is 23.4 Å². The van der Waals surface area contributed by atoms with Crippen molar-refractivity contribution in [2.75, 3.05) is 19.8 Å². The summed E-state index contributed by atoms with van der Waals surface area (Å²) in [5, 5.41) is 3.77. The molecule has 0 heterocycles. The van der Waals surface area contributed by atoms with Gasteiger partial charge >= 0.3 is 0 Å². The maximum atomic E-state index is 12.1. The van der Waals surface area contributed by atoms with Crippen molar-refractivity contribution in [3.05, 3.63) is 70.2 Å². The Labute approximate surface area is 153 Å². The topological polar surface area (TPSA) is 33.5 Å². The molecule has 0 saturated heterocycles. The first kappa shape index (κ1) is 18.8. The predicted molar refractivity (Wildman–Crippen MR) is 102 cm³/mol. The van der Waals surface area contributed by atoms with Gasteiger partial charge in [0.05, 0.1) is 19.8 Å². The highest BCUT2D eigenvalue weighted by molar-refractivity contribution is 7.99. The van der Waals surface area contributed by atoms with Gasteiger partial charge in [-0.1, -0.05) is 54.1 Å². The lowest BCUT2D eigenvalue weighted by Crippen LogP contribution is -3.04. The van der Waals surface area contributed by atoms with Crippen LogP contribution in [-0.4, -0.2) is 25.8 Å². The molecule has 0 radical (unpaired) electrons. The zero-order valence-corrected chi connectivity index (χ0v) is 15.7. The maximum Gasteiger partial charge on any atom is 0.230 e. The molecule has 2 aromatic carbocycles. The normalized spacial score (nSPS) is 10.8. The lowest BCUT2D eigenvalue weighted by atomic mass is 10.1. The van der Waals surface area contributed by atoms with Crippen LogP contribution in [0.15, 0.2) is 48.5 Å². The third-order valence-corrected chi connectivity index (χ3v) is 4.94. The summed E-state index contributed by atoms with van der Waals surface area (Å²) in [5.74, 6) is 1.24. The molecule has 2 aromatic rings. The standard InChI is InChI=1S/C19H23ClN2OS/c1-22(2)12-16-8-4-3-7-15(16)11-21-19(23)14-24-13-17-9-5-6-10-18(17)20/h3-10H,11-14H2,1-2H3,(H,21,23)/p+1. The fourth-order valence-corrected chi connectivity index (χ4v) is 3.54. The summed E-state index contributed by atoms with van der Waals surface area (Å²) in [4.78, 5) is 13.4. The molecule has 0 aliphatic heterocycles. The molecule has 3 nitrogen and oxygen atoms in total. The number of quaternary nitrogens is 1. The summed E-state index contributed by atoms with van der Waals surface area (Å²) in [6.45, 7) is 1.53. The summed E-state index contributed by atoms with van der Waals surface area (Å²) in [6, 6.07) is 16.0. The quantitative estimate of drug-likeness (QED) is 0.755. The minimum atomic E-state index is 0.0547. The summed E-state index contributed by atoms with van der Waals surface area (Å²) >= 11 is 7.70. The van der Waals surface area contributed by atoms with Crippen molar-refractivity contribution >= 4 is 29.3 Å². The van der Waals surface area contributed by atoms with Crippen molar-refractivity contribution < 1.29 is 9.69 Å². The molecule has 1 amide bonds. The van der Waals surface area contributed by atoms with E-state index in [0.717, 1.165) is 22.9 Å². The average molecular weight is 364 g/mol. The largest absolute Gasteiger partial charge is 0.351 e. The Morgan fingerprint density at radius 2 is 1.67 bits per heavy atom. The smallest absolute Gasteiger partial charge is 0.230 e. The third-order valence-electron chi connectivity index (χ3n) is 3.59. The second kappa shape index (κ2) is 9.72. The van der Waals surface area contributed by atoms with Crippen molar-refractivity contribution in [1.29, 1.82) is 0 Å². The molecule has 0 bridgehead atoms. The number of hydrogen-bond donors (Lipinski definition) is 2. The first-order valence-electron chi connectivity index (χ1n) is 8.00. The van der Waals surface area contributed by atoms with Gasteiger partial charge in [-0.05, 0) is 17.2 Å². The Morgan fingerprint density at radius 1 is 1.04 bits per heavy atom. The second-order valence-electron chi connectivity index (χ2n) is 6.01. The van der Waals surface area contributed by atoms with Crippen molar-refractivity contribution in [1.82, 2.24) is 5.32 Å². The second-order valence-corrected chi connectivity index (χ2v) is 7.41. The van der Waals surface area contributed by atoms with Crippen LogP contribution in [0.3, 0.4) is 0 Å². The molecule has 0 spiro atoms. The highest BCUT2D eigenvalue weighted by atomic mass is 35.5. The molecule has 0 fully saturated rings. The number of halogens is 1. The van der Waals surface area contributed by atoms with Crippen LogP contribution < -0.4 is 10.2 Å². The number of carbonyl (C=O) groups excluding carboxylic acids is 1. The number of thioether (sulfide) groups is 1. The van der Waals surface area contributed by atoms with E-state index in [1.54, 1.807) is 11.8 Å². The Kier molecular flexibility index (Phi) is 7.63. The van der Waals surface area contributed by atoms with Gasteiger partial charge in [0.1, 0.15) is 6.54 Å². The summed E-state index contributed by atoms with van der Waals surface area (Å²) in [5.41, 5.74) is 3.53. The number of amides is 1. The van der Waals surface area contributed by atoms with Gasteiger partial charge in [-0.25, -0.2) is 0 Å². The molecule has 128 valence electrons. The Balaban J connectivity index is 1.78. The molecule has 0 atom stereocenters. The summed E-state index contributed by atoms with van der Waals surface area (Å²) in [7, 11) is 4.25. The predicted octanol–water partition coefficient (Wildman–Crippen LogP) is 2.53. The van der Waals surface area contributed by atoms with E-state index < -0.39 is 0 Å². The number of hydrogen-bond acceptors (Lipinski definition) is 2. The van der Waals surface area contributed by atoms with Gasteiger partial charge in [-0.3, -0.25) is 4.79 Å². The van der Waals surface area contributed by atoms with E-state index in [0.29, 0.717) is 12.3 Å². The fourth-order valence-electron chi connectivity index (χ4n) is 2.40. The Bertz CT molecular complexity index is 676. The number of nitrogens with one attached hydrogen (secondary N) is 2. The molecule has 0 saturated carbocycles. The van der Waals surface area contributed by atoms with Crippen LogP contribution in [0.2, 0.25) is 5.02 Å². The molecule has 5 heteroatoms. The van der Waals surface area contributed by atoms with E-state index >= 15 is 0 Å². The zero-order valence-electron chi connectivity index (χ0n) is 14.1. The molecule has 0 aliphatic rings. The van der Waals surface area contributed by atoms with Crippen molar-refractivity contribution in [3.8, 4) is 0 Å². The first-order chi connectivity index (χ1) is 11.6. The van der Waals surface area contributed by atoms with Gasteiger partial charge in [0.2, 0.25) is 5.91 Å². The fraction of sp³-hybridized carbons (Fsp3) is 0.316. The van der Waals surface area contributed by atoms with Crippen LogP contribution in [0.1, 0.15) is 16.7 Å². The summed E-state index contributed by atoms with van der Waals surface area (Å²) < 4.78 is 0. The van der Waals surface area contributed by atoms with E-state index in [2.05, 4.69) is 31.5 Å². The minimum Gasteiger partial charge on any atom is -0.351 e. The maximum absolute atomic E-state index is 12.1. The number of carbonyl (C=O) groups is 1. The van der Waals surface area contributed by atoms with Crippen molar-refractivity contribution in [3.63, 3.8) is 0 Å². The van der Waals surface area contributed by atoms with Crippen molar-refractivity contribution in [2.45, 2.75) is 18.8 Å². The summed E-state index contributed by atoms with van der Waals surface area (Å²) in [6.07, 6.45) is 0. The van der Waals surface area contributed by atoms with Crippen LogP contribution in [0.25, 0.3) is 0 Å². The Morgan fingerprint density at radius 3 is 2.33 bits per heavy atom. The van der Waals surface area contributed by atoms with Gasteiger partial charge < -0.3 is 10.2 Å². The van der Waals surface area contributed by atoms with Gasteiger partial charge in [0.15, 0.2) is 0 Å². The lowest BCUT2D eigenvalue weighted by molar-refractivity contribution is -0.872. The minimum absolute atomic E-state index is 0.0547. The first-order valence-corrected chi connectivity index (χ1v) is 9.53. The molecule has 0 aromatic heterocycles. The molecule has 2 N–H and O–H groups in total. The van der Waals surface area contributed by atoms with Gasteiger partial charge in [0, 0.05) is 22.9 Å². The van der Waals surface area contributed by atoms with E-state index in [1.807, 2.05) is 36.4 Å². The van der Waals surface area contributed by atoms with Crippen LogP contribution in [0, 0.1) is 0 Å². The van der Waals surface area contributed by atoms with E-state index in [1.165, 1.54) is 16.0 Å². The molecule has 24 heavy (non-hydrogen) atoms. The number of rotatable bonds is 8. The molecular weight excluding hydrogens is 340 g/mol. The van der Waals surface area contributed by atoms with E-state index in [-0.39, 0.29) is 5.91 Å². The van der Waals surface area contributed by atoms with Crippen LogP contribution in [0.4, 0.5) is 0 Å². The van der Waals surface area contributed by atoms with Gasteiger partial charge in [-0.2, -0.15) is 0 Å². The Hall–Kier alpha value is -1.49. The third kappa shape index (κ3) is 6.19. The van der Waals surface area contributed by atoms with E-state index in [4.69, 9.17) is 11.6 Å². The SMILES string of the molecule is C[NH+](C)Cc1ccccc1CNC(=O)CSCc1ccccc1Cl. The zero-order chi connectivity index (χ0) is 17.4. The average Bonchev–Trinajstić information content (AvgIpc) is 2.55.